The van der Waals surface area contributed by atoms with Crippen molar-refractivity contribution in [2.24, 2.45) is 5.41 Å². The Morgan fingerprint density at radius 2 is 2.29 bits per heavy atom. The van der Waals surface area contributed by atoms with Gasteiger partial charge in [-0.1, -0.05) is 13.8 Å². The molecule has 2 atom stereocenters. The van der Waals surface area contributed by atoms with Crippen molar-refractivity contribution in [3.63, 3.8) is 0 Å². The molecular formula is C11H23NO2. The number of hydrogen-bond donors (Lipinski definition) is 2. The summed E-state index contributed by atoms with van der Waals surface area (Å²) in [6.45, 7) is 8.23. The SMILES string of the molecule is CC(NCC(C)(C)CO)C1CCCO1. The van der Waals surface area contributed by atoms with Crippen LogP contribution in [-0.4, -0.2) is 37.0 Å². The van der Waals surface area contributed by atoms with Crippen molar-refractivity contribution in [1.29, 1.82) is 0 Å². The highest BCUT2D eigenvalue weighted by molar-refractivity contribution is 4.79. The lowest BCUT2D eigenvalue weighted by Gasteiger charge is -2.27. The van der Waals surface area contributed by atoms with Gasteiger partial charge in [-0.3, -0.25) is 0 Å². The van der Waals surface area contributed by atoms with Crippen LogP contribution < -0.4 is 5.32 Å². The summed E-state index contributed by atoms with van der Waals surface area (Å²) < 4.78 is 5.59. The molecule has 1 heterocycles. The van der Waals surface area contributed by atoms with Gasteiger partial charge in [0.2, 0.25) is 0 Å². The Balaban J connectivity index is 2.23. The van der Waals surface area contributed by atoms with Gasteiger partial charge in [0.05, 0.1) is 6.10 Å². The third kappa shape index (κ3) is 3.56. The molecular weight excluding hydrogens is 178 g/mol. The van der Waals surface area contributed by atoms with Crippen LogP contribution in [0.5, 0.6) is 0 Å². The molecule has 1 fully saturated rings. The van der Waals surface area contributed by atoms with E-state index in [1.54, 1.807) is 0 Å². The molecule has 0 aliphatic carbocycles. The van der Waals surface area contributed by atoms with E-state index in [1.807, 2.05) is 0 Å². The summed E-state index contributed by atoms with van der Waals surface area (Å²) in [5.41, 5.74) is -0.0349. The summed E-state index contributed by atoms with van der Waals surface area (Å²) in [4.78, 5) is 0. The molecule has 1 aliphatic heterocycles. The quantitative estimate of drug-likeness (QED) is 0.701. The first-order chi connectivity index (χ1) is 6.55. The van der Waals surface area contributed by atoms with E-state index in [0.29, 0.717) is 12.1 Å². The number of aliphatic hydroxyl groups excluding tert-OH is 1. The fraction of sp³-hybridized carbons (Fsp3) is 1.00. The smallest absolute Gasteiger partial charge is 0.0726 e. The Labute approximate surface area is 86.8 Å². The molecule has 0 aromatic carbocycles. The molecule has 2 N–H and O–H groups in total. The molecule has 1 rings (SSSR count). The van der Waals surface area contributed by atoms with E-state index >= 15 is 0 Å². The molecule has 84 valence electrons. The van der Waals surface area contributed by atoms with E-state index in [-0.39, 0.29) is 12.0 Å². The maximum Gasteiger partial charge on any atom is 0.0726 e. The molecule has 0 spiro atoms. The monoisotopic (exact) mass is 201 g/mol. The summed E-state index contributed by atoms with van der Waals surface area (Å²) in [6.07, 6.45) is 2.71. The Bertz CT molecular complexity index is 165. The zero-order valence-electron chi connectivity index (χ0n) is 9.55. The summed E-state index contributed by atoms with van der Waals surface area (Å²) >= 11 is 0. The maximum atomic E-state index is 9.10. The predicted molar refractivity (Wildman–Crippen MR) is 57.3 cm³/mol. The van der Waals surface area contributed by atoms with E-state index < -0.39 is 0 Å². The van der Waals surface area contributed by atoms with Gasteiger partial charge in [-0.2, -0.15) is 0 Å². The average molecular weight is 201 g/mol. The number of ether oxygens (including phenoxy) is 1. The van der Waals surface area contributed by atoms with E-state index in [4.69, 9.17) is 9.84 Å². The van der Waals surface area contributed by atoms with E-state index in [1.165, 1.54) is 6.42 Å². The number of nitrogens with one attached hydrogen (secondary N) is 1. The molecule has 1 aliphatic rings. The fourth-order valence-electron chi connectivity index (χ4n) is 1.62. The van der Waals surface area contributed by atoms with Crippen molar-refractivity contribution >= 4 is 0 Å². The zero-order valence-corrected chi connectivity index (χ0v) is 9.55. The first-order valence-electron chi connectivity index (χ1n) is 5.51. The summed E-state index contributed by atoms with van der Waals surface area (Å²) in [5, 5.41) is 12.5. The Morgan fingerprint density at radius 3 is 2.79 bits per heavy atom. The molecule has 14 heavy (non-hydrogen) atoms. The Hall–Kier alpha value is -0.120. The Morgan fingerprint density at radius 1 is 1.57 bits per heavy atom. The fourth-order valence-corrected chi connectivity index (χ4v) is 1.62. The molecule has 1 saturated heterocycles. The van der Waals surface area contributed by atoms with Crippen LogP contribution in [0.2, 0.25) is 0 Å². The summed E-state index contributed by atoms with van der Waals surface area (Å²) in [5.74, 6) is 0. The molecule has 0 aromatic heterocycles. The lowest BCUT2D eigenvalue weighted by atomic mass is 9.94. The standard InChI is InChI=1S/C11H23NO2/c1-9(10-5-4-6-14-10)12-7-11(2,3)8-13/h9-10,12-13H,4-8H2,1-3H3. The third-order valence-electron chi connectivity index (χ3n) is 2.85. The van der Waals surface area contributed by atoms with Crippen LogP contribution in [0.3, 0.4) is 0 Å². The van der Waals surface area contributed by atoms with Gasteiger partial charge in [-0.15, -0.1) is 0 Å². The Kier molecular flexibility index (Phi) is 4.35. The second-order valence-electron chi connectivity index (χ2n) is 5.04. The van der Waals surface area contributed by atoms with Gasteiger partial charge in [-0.05, 0) is 19.8 Å². The molecule has 0 amide bonds. The zero-order chi connectivity index (χ0) is 10.6. The van der Waals surface area contributed by atoms with E-state index in [2.05, 4.69) is 26.1 Å². The molecule has 3 nitrogen and oxygen atoms in total. The van der Waals surface area contributed by atoms with Gasteiger partial charge in [0.15, 0.2) is 0 Å². The van der Waals surface area contributed by atoms with Crippen molar-refractivity contribution in [2.45, 2.75) is 45.8 Å². The van der Waals surface area contributed by atoms with Crippen molar-refractivity contribution in [1.82, 2.24) is 5.32 Å². The van der Waals surface area contributed by atoms with Crippen LogP contribution >= 0.6 is 0 Å². The normalized spacial score (nSPS) is 25.3. The van der Waals surface area contributed by atoms with Gasteiger partial charge in [-0.25, -0.2) is 0 Å². The minimum Gasteiger partial charge on any atom is -0.396 e. The van der Waals surface area contributed by atoms with Crippen molar-refractivity contribution in [3.8, 4) is 0 Å². The predicted octanol–water partition coefficient (Wildman–Crippen LogP) is 1.16. The molecule has 0 bridgehead atoms. The first-order valence-corrected chi connectivity index (χ1v) is 5.51. The van der Waals surface area contributed by atoms with Gasteiger partial charge >= 0.3 is 0 Å². The lowest BCUT2D eigenvalue weighted by Crippen LogP contribution is -2.42. The lowest BCUT2D eigenvalue weighted by molar-refractivity contribution is 0.0751. The van der Waals surface area contributed by atoms with Gasteiger partial charge in [0, 0.05) is 31.2 Å². The van der Waals surface area contributed by atoms with Crippen molar-refractivity contribution in [2.75, 3.05) is 19.8 Å². The highest BCUT2D eigenvalue weighted by Crippen LogP contribution is 2.17. The second kappa shape index (κ2) is 5.10. The van der Waals surface area contributed by atoms with Crippen LogP contribution in [0.25, 0.3) is 0 Å². The van der Waals surface area contributed by atoms with Crippen LogP contribution in [0.15, 0.2) is 0 Å². The largest absolute Gasteiger partial charge is 0.396 e. The highest BCUT2D eigenvalue weighted by atomic mass is 16.5. The second-order valence-corrected chi connectivity index (χ2v) is 5.04. The van der Waals surface area contributed by atoms with Crippen molar-refractivity contribution < 1.29 is 9.84 Å². The van der Waals surface area contributed by atoms with Gasteiger partial charge < -0.3 is 15.2 Å². The maximum absolute atomic E-state index is 9.10. The molecule has 2 unspecified atom stereocenters. The van der Waals surface area contributed by atoms with Gasteiger partial charge in [0.1, 0.15) is 0 Å². The van der Waals surface area contributed by atoms with Crippen LogP contribution in [0.4, 0.5) is 0 Å². The topological polar surface area (TPSA) is 41.5 Å². The van der Waals surface area contributed by atoms with E-state index in [0.717, 1.165) is 19.6 Å². The summed E-state index contributed by atoms with van der Waals surface area (Å²) in [6, 6.07) is 0.392. The first kappa shape index (κ1) is 12.0. The minimum atomic E-state index is -0.0349. The molecule has 0 saturated carbocycles. The van der Waals surface area contributed by atoms with Crippen molar-refractivity contribution in [3.05, 3.63) is 0 Å². The highest BCUT2D eigenvalue weighted by Gasteiger charge is 2.24. The number of hydrogen-bond acceptors (Lipinski definition) is 3. The minimum absolute atomic E-state index is 0.0349. The van der Waals surface area contributed by atoms with Crippen LogP contribution in [0.1, 0.15) is 33.6 Å². The average Bonchev–Trinajstić information content (AvgIpc) is 2.67. The molecule has 0 radical (unpaired) electrons. The third-order valence-corrected chi connectivity index (χ3v) is 2.85. The number of rotatable bonds is 5. The molecule has 0 aromatic rings. The van der Waals surface area contributed by atoms with E-state index in [9.17, 15) is 0 Å². The molecule has 3 heteroatoms. The number of aliphatic hydroxyl groups is 1. The summed E-state index contributed by atoms with van der Waals surface area (Å²) in [7, 11) is 0. The van der Waals surface area contributed by atoms with Crippen LogP contribution in [0, 0.1) is 5.41 Å². The van der Waals surface area contributed by atoms with Crippen LogP contribution in [-0.2, 0) is 4.74 Å². The van der Waals surface area contributed by atoms with Gasteiger partial charge in [0.25, 0.3) is 0 Å².